The van der Waals surface area contributed by atoms with Gasteiger partial charge in [0.05, 0.1) is 32.7 Å². The number of benzene rings is 3. The molecule has 0 aliphatic heterocycles. The van der Waals surface area contributed by atoms with Crippen LogP contribution in [0.1, 0.15) is 19.4 Å². The number of hydrogen-bond acceptors (Lipinski definition) is 7. The molecule has 8 nitrogen and oxygen atoms in total. The van der Waals surface area contributed by atoms with Crippen molar-refractivity contribution in [1.29, 1.82) is 0 Å². The summed E-state index contributed by atoms with van der Waals surface area (Å²) in [6, 6.07) is 17.3. The molecule has 0 bridgehead atoms. The zero-order valence-corrected chi connectivity index (χ0v) is 23.7. The first kappa shape index (κ1) is 26.9. The van der Waals surface area contributed by atoms with E-state index in [9.17, 15) is 9.59 Å². The van der Waals surface area contributed by atoms with Gasteiger partial charge in [-0.05, 0) is 83.9 Å². The van der Waals surface area contributed by atoms with Gasteiger partial charge in [0, 0.05) is 10.4 Å². The summed E-state index contributed by atoms with van der Waals surface area (Å²) in [5.74, 6) is 0.336. The predicted octanol–water partition coefficient (Wildman–Crippen LogP) is 7.09. The van der Waals surface area contributed by atoms with Crippen molar-refractivity contribution in [1.82, 2.24) is 9.66 Å². The molecule has 0 atom stereocenters. The van der Waals surface area contributed by atoms with E-state index < -0.39 is 5.97 Å². The summed E-state index contributed by atoms with van der Waals surface area (Å²) in [6.07, 6.45) is 1.21. The van der Waals surface area contributed by atoms with Crippen LogP contribution in [-0.2, 0) is 9.53 Å². The van der Waals surface area contributed by atoms with Crippen molar-refractivity contribution in [3.63, 3.8) is 0 Å². The van der Waals surface area contributed by atoms with Crippen LogP contribution < -0.4 is 10.3 Å². The SMILES string of the molecule is CC(C)OC(=O)COc1c(Cl)cc(C=Nn2c(-c3cc4cc(Cl)ccc4o3)nc3ccccc3c2=O)cc1Br. The smallest absolute Gasteiger partial charge is 0.344 e. The largest absolute Gasteiger partial charge is 0.479 e. The van der Waals surface area contributed by atoms with Crippen molar-refractivity contribution in [2.45, 2.75) is 20.0 Å². The van der Waals surface area contributed by atoms with E-state index in [4.69, 9.17) is 37.1 Å². The van der Waals surface area contributed by atoms with Gasteiger partial charge >= 0.3 is 5.97 Å². The predicted molar refractivity (Wildman–Crippen MR) is 155 cm³/mol. The molecule has 0 saturated heterocycles. The second-order valence-electron chi connectivity index (χ2n) is 8.75. The van der Waals surface area contributed by atoms with Gasteiger partial charge < -0.3 is 13.9 Å². The average Bonchev–Trinajstić information content (AvgIpc) is 3.30. The lowest BCUT2D eigenvalue weighted by Crippen LogP contribution is -2.20. The Morgan fingerprint density at radius 1 is 1.15 bits per heavy atom. The van der Waals surface area contributed by atoms with Gasteiger partial charge in [-0.3, -0.25) is 4.79 Å². The second-order valence-corrected chi connectivity index (χ2v) is 10.4. The summed E-state index contributed by atoms with van der Waals surface area (Å²) in [7, 11) is 0. The number of halogens is 3. The third-order valence-electron chi connectivity index (χ3n) is 5.50. The van der Waals surface area contributed by atoms with Gasteiger partial charge in [-0.25, -0.2) is 9.78 Å². The maximum atomic E-state index is 13.5. The summed E-state index contributed by atoms with van der Waals surface area (Å²) in [6.45, 7) is 3.20. The zero-order valence-electron chi connectivity index (χ0n) is 20.7. The summed E-state index contributed by atoms with van der Waals surface area (Å²) >= 11 is 16.0. The molecule has 0 aliphatic carbocycles. The standard InChI is InChI=1S/C28H20BrCl2N3O5/c1-15(2)38-25(35)14-37-26-20(29)9-16(10-21(26)31)13-32-34-27(33-22-6-4-3-5-19(22)28(34)36)24-12-17-11-18(30)7-8-23(17)39-24/h3-13,15H,14H2,1-2H3. The fraction of sp³-hybridized carbons (Fsp3) is 0.143. The summed E-state index contributed by atoms with van der Waals surface area (Å²) in [5.41, 5.74) is 1.28. The number of fused-ring (bicyclic) bond motifs is 2. The molecule has 3 aromatic carbocycles. The van der Waals surface area contributed by atoms with Crippen LogP contribution in [0.15, 0.2) is 79.4 Å². The molecule has 2 heterocycles. The third-order valence-corrected chi connectivity index (χ3v) is 6.60. The number of esters is 1. The number of hydrogen-bond donors (Lipinski definition) is 0. The van der Waals surface area contributed by atoms with Crippen molar-refractivity contribution in [2.24, 2.45) is 5.10 Å². The van der Waals surface area contributed by atoms with Gasteiger partial charge in [-0.1, -0.05) is 35.3 Å². The minimum Gasteiger partial charge on any atom is -0.479 e. The fourth-order valence-corrected chi connectivity index (χ4v) is 5.03. The van der Waals surface area contributed by atoms with Crippen LogP contribution in [0.25, 0.3) is 33.5 Å². The number of carbonyl (C=O) groups is 1. The van der Waals surface area contributed by atoms with Crippen LogP contribution in [-0.4, -0.2) is 34.6 Å². The topological polar surface area (TPSA) is 95.9 Å². The van der Waals surface area contributed by atoms with Crippen molar-refractivity contribution in [2.75, 3.05) is 6.61 Å². The number of furan rings is 1. The molecule has 0 amide bonds. The average molecular weight is 629 g/mol. The molecule has 0 N–H and O–H groups in total. The monoisotopic (exact) mass is 627 g/mol. The number of nitrogens with zero attached hydrogens (tertiary/aromatic N) is 3. The van der Waals surface area contributed by atoms with Crippen LogP contribution in [0.2, 0.25) is 10.0 Å². The van der Waals surface area contributed by atoms with Gasteiger partial charge in [0.1, 0.15) is 5.58 Å². The second kappa shape index (κ2) is 11.2. The Morgan fingerprint density at radius 2 is 1.95 bits per heavy atom. The van der Waals surface area contributed by atoms with E-state index in [1.165, 1.54) is 10.9 Å². The zero-order chi connectivity index (χ0) is 27.7. The normalized spacial score (nSPS) is 11.6. The molecule has 5 aromatic rings. The Kier molecular flexibility index (Phi) is 7.74. The minimum absolute atomic E-state index is 0.219. The van der Waals surface area contributed by atoms with Gasteiger partial charge in [-0.2, -0.15) is 9.78 Å². The fourth-order valence-electron chi connectivity index (χ4n) is 3.86. The van der Waals surface area contributed by atoms with Crippen molar-refractivity contribution < 1.29 is 18.7 Å². The number of para-hydroxylation sites is 1. The number of rotatable bonds is 7. The Labute approximate surface area is 240 Å². The van der Waals surface area contributed by atoms with Crippen LogP contribution in [0.5, 0.6) is 5.75 Å². The number of carbonyl (C=O) groups excluding carboxylic acids is 1. The Morgan fingerprint density at radius 3 is 2.72 bits per heavy atom. The summed E-state index contributed by atoms with van der Waals surface area (Å²) in [5, 5.41) is 6.40. The van der Waals surface area contributed by atoms with Gasteiger partial charge in [-0.15, -0.1) is 0 Å². The number of ether oxygens (including phenoxy) is 2. The molecule has 11 heteroatoms. The van der Waals surface area contributed by atoms with E-state index in [0.29, 0.717) is 37.3 Å². The summed E-state index contributed by atoms with van der Waals surface area (Å²) < 4.78 is 18.3. The maximum absolute atomic E-state index is 13.5. The maximum Gasteiger partial charge on any atom is 0.344 e. The third kappa shape index (κ3) is 5.85. The first-order valence-electron chi connectivity index (χ1n) is 11.8. The van der Waals surface area contributed by atoms with Gasteiger partial charge in [0.2, 0.25) is 5.82 Å². The van der Waals surface area contributed by atoms with E-state index in [0.717, 1.165) is 5.39 Å². The molecule has 39 heavy (non-hydrogen) atoms. The molecule has 2 aromatic heterocycles. The Bertz CT molecular complexity index is 1790. The summed E-state index contributed by atoms with van der Waals surface area (Å²) in [4.78, 5) is 30.0. The Hall–Kier alpha value is -3.66. The van der Waals surface area contributed by atoms with Crippen LogP contribution >= 0.6 is 39.1 Å². The highest BCUT2D eigenvalue weighted by Crippen LogP contribution is 2.34. The van der Waals surface area contributed by atoms with E-state index in [1.54, 1.807) is 74.5 Å². The van der Waals surface area contributed by atoms with E-state index in [1.807, 2.05) is 0 Å². The molecule has 0 radical (unpaired) electrons. The molecule has 0 aliphatic rings. The molecule has 5 rings (SSSR count). The van der Waals surface area contributed by atoms with Crippen LogP contribution in [0, 0.1) is 0 Å². The van der Waals surface area contributed by atoms with Crippen LogP contribution in [0.3, 0.4) is 0 Å². The highest BCUT2D eigenvalue weighted by atomic mass is 79.9. The van der Waals surface area contributed by atoms with Crippen molar-refractivity contribution in [3.8, 4) is 17.3 Å². The van der Waals surface area contributed by atoms with E-state index in [-0.39, 0.29) is 34.9 Å². The molecule has 0 saturated carbocycles. The lowest BCUT2D eigenvalue weighted by atomic mass is 10.2. The quantitative estimate of drug-likeness (QED) is 0.141. The highest BCUT2D eigenvalue weighted by molar-refractivity contribution is 9.10. The van der Waals surface area contributed by atoms with E-state index >= 15 is 0 Å². The lowest BCUT2D eigenvalue weighted by molar-refractivity contribution is -0.149. The lowest BCUT2D eigenvalue weighted by Gasteiger charge is -2.12. The molecular formula is C28H20BrCl2N3O5. The number of aromatic nitrogens is 2. The van der Waals surface area contributed by atoms with Crippen molar-refractivity contribution in [3.05, 3.63) is 91.1 Å². The minimum atomic E-state index is -0.512. The first-order chi connectivity index (χ1) is 18.7. The molecule has 0 spiro atoms. The Balaban J connectivity index is 1.53. The molecule has 198 valence electrons. The van der Waals surface area contributed by atoms with Gasteiger partial charge in [0.15, 0.2) is 18.1 Å². The highest BCUT2D eigenvalue weighted by Gasteiger charge is 2.17. The molecule has 0 fully saturated rings. The van der Waals surface area contributed by atoms with Gasteiger partial charge in [0.25, 0.3) is 5.56 Å². The molecule has 0 unspecified atom stereocenters. The first-order valence-corrected chi connectivity index (χ1v) is 13.3. The molecular weight excluding hydrogens is 609 g/mol. The van der Waals surface area contributed by atoms with Crippen LogP contribution in [0.4, 0.5) is 0 Å². The van der Waals surface area contributed by atoms with Crippen molar-refractivity contribution >= 4 is 73.2 Å². The van der Waals surface area contributed by atoms with E-state index in [2.05, 4.69) is 26.0 Å².